The Morgan fingerprint density at radius 3 is 1.11 bits per heavy atom. The summed E-state index contributed by atoms with van der Waals surface area (Å²) in [5.41, 5.74) is 7.80. The second kappa shape index (κ2) is 11.2. The van der Waals surface area contributed by atoms with E-state index in [0.717, 1.165) is 0 Å². The number of hydrogen-bond acceptors (Lipinski definition) is 3. The minimum Gasteiger partial charge on any atom is -0.135 e. The quantitative estimate of drug-likeness (QED) is 0.158. The van der Waals surface area contributed by atoms with E-state index >= 15 is 0 Å². The van der Waals surface area contributed by atoms with Crippen LogP contribution in [0.5, 0.6) is 0 Å². The van der Waals surface area contributed by atoms with Gasteiger partial charge in [-0.25, -0.2) is 0 Å². The van der Waals surface area contributed by atoms with Crippen molar-refractivity contribution in [1.29, 1.82) is 0 Å². The third-order valence-corrected chi connectivity index (χ3v) is 15.5. The molecule has 13 aromatic rings. The van der Waals surface area contributed by atoms with Crippen molar-refractivity contribution in [3.63, 3.8) is 0 Å². The molecule has 254 valence electrons. The minimum atomic E-state index is 1.28. The summed E-state index contributed by atoms with van der Waals surface area (Å²) in [7, 11) is 0. The number of benzene rings is 10. The third-order valence-electron chi connectivity index (χ3n) is 11.9. The lowest BCUT2D eigenvalue weighted by Crippen LogP contribution is -1.92. The highest BCUT2D eigenvalue weighted by atomic mass is 32.1. The molecule has 0 bridgehead atoms. The summed E-state index contributed by atoms with van der Waals surface area (Å²) < 4.78 is 8.05. The van der Waals surface area contributed by atoms with Gasteiger partial charge in [0.15, 0.2) is 0 Å². The van der Waals surface area contributed by atoms with E-state index in [4.69, 9.17) is 0 Å². The molecule has 0 unspecified atom stereocenters. The summed E-state index contributed by atoms with van der Waals surface area (Å²) in [6.45, 7) is 0. The first-order valence-corrected chi connectivity index (χ1v) is 21.2. The van der Waals surface area contributed by atoms with Gasteiger partial charge in [0.2, 0.25) is 0 Å². The Morgan fingerprint density at radius 2 is 0.618 bits per heavy atom. The summed E-state index contributed by atoms with van der Waals surface area (Å²) in [6.07, 6.45) is 0. The van der Waals surface area contributed by atoms with Gasteiger partial charge in [-0.2, -0.15) is 0 Å². The van der Waals surface area contributed by atoms with Gasteiger partial charge < -0.3 is 0 Å². The maximum Gasteiger partial charge on any atom is 0.0434 e. The van der Waals surface area contributed by atoms with Crippen LogP contribution >= 0.6 is 34.0 Å². The molecule has 0 saturated carbocycles. The topological polar surface area (TPSA) is 0 Å². The molecule has 0 atom stereocenters. The van der Waals surface area contributed by atoms with Gasteiger partial charge in [-0.15, -0.1) is 34.0 Å². The van der Waals surface area contributed by atoms with Crippen molar-refractivity contribution >= 4 is 127 Å². The van der Waals surface area contributed by atoms with Crippen LogP contribution in [0, 0.1) is 0 Å². The zero-order valence-corrected chi connectivity index (χ0v) is 31.8. The predicted octanol–water partition coefficient (Wildman–Crippen LogP) is 16.7. The van der Waals surface area contributed by atoms with Crippen LogP contribution in [0.25, 0.3) is 126 Å². The van der Waals surface area contributed by atoms with E-state index in [9.17, 15) is 0 Å². The van der Waals surface area contributed by atoms with Crippen LogP contribution in [0.15, 0.2) is 170 Å². The van der Waals surface area contributed by atoms with Crippen molar-refractivity contribution < 1.29 is 0 Å². The zero-order chi connectivity index (χ0) is 35.8. The first-order chi connectivity index (χ1) is 27.3. The third kappa shape index (κ3) is 4.15. The minimum absolute atomic E-state index is 1.28. The summed E-state index contributed by atoms with van der Waals surface area (Å²) in [6, 6.07) is 64.0. The summed E-state index contributed by atoms with van der Waals surface area (Å²) in [4.78, 5) is 0. The lowest BCUT2D eigenvalue weighted by atomic mass is 9.83. The summed E-state index contributed by atoms with van der Waals surface area (Å²) in [5, 5.41) is 15.9. The molecule has 0 fully saturated rings. The van der Waals surface area contributed by atoms with Crippen LogP contribution in [0.1, 0.15) is 0 Å². The molecule has 13 rings (SSSR count). The van der Waals surface area contributed by atoms with Gasteiger partial charge in [-0.3, -0.25) is 0 Å². The first kappa shape index (κ1) is 30.3. The van der Waals surface area contributed by atoms with Crippen molar-refractivity contribution in [2.45, 2.75) is 0 Å². The Kier molecular flexibility index (Phi) is 6.17. The number of thiophene rings is 3. The zero-order valence-electron chi connectivity index (χ0n) is 29.4. The molecule has 0 amide bonds. The molecule has 3 heterocycles. The fourth-order valence-corrected chi connectivity index (χ4v) is 13.1. The van der Waals surface area contributed by atoms with E-state index in [1.54, 1.807) is 0 Å². The van der Waals surface area contributed by atoms with Gasteiger partial charge in [-0.1, -0.05) is 146 Å². The molecule has 55 heavy (non-hydrogen) atoms. The van der Waals surface area contributed by atoms with Crippen LogP contribution in [0.3, 0.4) is 0 Å². The molecule has 10 aromatic carbocycles. The van der Waals surface area contributed by atoms with Crippen LogP contribution in [-0.2, 0) is 0 Å². The highest BCUT2D eigenvalue weighted by Gasteiger charge is 2.22. The first-order valence-electron chi connectivity index (χ1n) is 18.7. The fourth-order valence-electron chi connectivity index (χ4n) is 9.46. The molecule has 0 aliphatic rings. The van der Waals surface area contributed by atoms with Crippen LogP contribution in [0.2, 0.25) is 0 Å². The SMILES string of the molecule is c1ccc2c(c1)sc1c(-c3ccc4ccc5c(-c6cccc7c6sc6ccccc67)cc(-c6cccc7c6sc6ccccc67)c6ccc3c4c56)cccc12. The molecule has 0 aliphatic carbocycles. The van der Waals surface area contributed by atoms with Gasteiger partial charge >= 0.3 is 0 Å². The van der Waals surface area contributed by atoms with E-state index in [-0.39, 0.29) is 0 Å². The summed E-state index contributed by atoms with van der Waals surface area (Å²) >= 11 is 5.74. The van der Waals surface area contributed by atoms with Gasteiger partial charge in [0, 0.05) is 77.2 Å². The molecule has 0 N–H and O–H groups in total. The Morgan fingerprint density at radius 1 is 0.236 bits per heavy atom. The van der Waals surface area contributed by atoms with Gasteiger partial charge in [-0.05, 0) is 73.3 Å². The van der Waals surface area contributed by atoms with Crippen molar-refractivity contribution in [1.82, 2.24) is 0 Å². The van der Waals surface area contributed by atoms with E-state index in [1.165, 1.54) is 126 Å². The lowest BCUT2D eigenvalue weighted by molar-refractivity contribution is 1.70. The second-order valence-corrected chi connectivity index (χ2v) is 17.8. The molecule has 0 spiro atoms. The number of fused-ring (bicyclic) bond motifs is 9. The highest BCUT2D eigenvalue weighted by Crippen LogP contribution is 2.51. The van der Waals surface area contributed by atoms with Crippen LogP contribution < -0.4 is 0 Å². The normalized spacial score (nSPS) is 12.4. The largest absolute Gasteiger partial charge is 0.135 e. The molecule has 0 radical (unpaired) electrons. The van der Waals surface area contributed by atoms with E-state index < -0.39 is 0 Å². The van der Waals surface area contributed by atoms with E-state index in [1.807, 2.05) is 34.0 Å². The maximum atomic E-state index is 2.51. The average Bonchev–Trinajstić information content (AvgIpc) is 3.94. The average molecular weight is 749 g/mol. The van der Waals surface area contributed by atoms with Crippen molar-refractivity contribution in [3.05, 3.63) is 170 Å². The molecule has 0 nitrogen and oxygen atoms in total. The van der Waals surface area contributed by atoms with Gasteiger partial charge in [0.05, 0.1) is 0 Å². The van der Waals surface area contributed by atoms with Crippen LogP contribution in [-0.4, -0.2) is 0 Å². The monoisotopic (exact) mass is 748 g/mol. The summed E-state index contributed by atoms with van der Waals surface area (Å²) in [5.74, 6) is 0. The molecule has 3 aromatic heterocycles. The standard InChI is InChI=1S/C52H28S3/c1-4-19-45-31(10-1)38-14-7-13-37(50(38)53-45)30-24-22-29-23-25-35-43(41-17-8-15-39-32-11-2-5-20-46(32)54-51(39)41)28-44(36-27-26-34(30)48(29)49(35)36)42-18-9-16-40-33-12-3-6-21-47(33)55-52(40)42/h1-28H. The van der Waals surface area contributed by atoms with Gasteiger partial charge in [0.1, 0.15) is 0 Å². The number of hydrogen-bond donors (Lipinski definition) is 0. The molecule has 0 aliphatic heterocycles. The predicted molar refractivity (Wildman–Crippen MR) is 245 cm³/mol. The molecular weight excluding hydrogens is 721 g/mol. The molecular formula is C52H28S3. The fraction of sp³-hybridized carbons (Fsp3) is 0. The molecule has 3 heteroatoms. The Hall–Kier alpha value is -6.10. The van der Waals surface area contributed by atoms with Gasteiger partial charge in [0.25, 0.3) is 0 Å². The number of rotatable bonds is 3. The Balaban J connectivity index is 1.18. The van der Waals surface area contributed by atoms with Crippen molar-refractivity contribution in [2.24, 2.45) is 0 Å². The van der Waals surface area contributed by atoms with Crippen LogP contribution in [0.4, 0.5) is 0 Å². The lowest BCUT2D eigenvalue weighted by Gasteiger charge is -2.20. The van der Waals surface area contributed by atoms with Crippen molar-refractivity contribution in [2.75, 3.05) is 0 Å². The molecule has 0 saturated heterocycles. The van der Waals surface area contributed by atoms with Crippen molar-refractivity contribution in [3.8, 4) is 33.4 Å². The Bertz CT molecular complexity index is 3590. The van der Waals surface area contributed by atoms with E-state index in [2.05, 4.69) is 170 Å². The second-order valence-electron chi connectivity index (χ2n) is 14.7. The smallest absolute Gasteiger partial charge is 0.0434 e. The van der Waals surface area contributed by atoms with E-state index in [0.29, 0.717) is 0 Å². The Labute approximate surface area is 328 Å². The highest BCUT2D eigenvalue weighted by molar-refractivity contribution is 7.27. The maximum absolute atomic E-state index is 2.51.